The lowest BCUT2D eigenvalue weighted by molar-refractivity contribution is -0.121. The highest BCUT2D eigenvalue weighted by Gasteiger charge is 2.40. The van der Waals surface area contributed by atoms with Crippen LogP contribution in [0.1, 0.15) is 24.5 Å². The molecule has 1 heterocycles. The van der Waals surface area contributed by atoms with Gasteiger partial charge in [-0.05, 0) is 60.9 Å². The summed E-state index contributed by atoms with van der Waals surface area (Å²) in [5.41, 5.74) is 4.14. The molecule has 0 radical (unpaired) electrons. The van der Waals surface area contributed by atoms with Crippen molar-refractivity contribution in [2.45, 2.75) is 25.5 Å². The van der Waals surface area contributed by atoms with Crippen LogP contribution < -0.4 is 10.2 Å². The number of phenols is 1. The summed E-state index contributed by atoms with van der Waals surface area (Å²) in [6, 6.07) is 23.6. The molecule has 7 nitrogen and oxygen atoms in total. The van der Waals surface area contributed by atoms with Crippen molar-refractivity contribution in [1.29, 1.82) is 0 Å². The Morgan fingerprint density at radius 3 is 2.47 bits per heavy atom. The maximum Gasteiger partial charge on any atom is 0.247 e. The van der Waals surface area contributed by atoms with Gasteiger partial charge in [-0.2, -0.15) is 5.10 Å². The number of aromatic hydroxyl groups is 1. The van der Waals surface area contributed by atoms with Crippen molar-refractivity contribution in [3.8, 4) is 5.75 Å². The second-order valence-electron chi connectivity index (χ2n) is 8.29. The predicted molar refractivity (Wildman–Crippen MR) is 147 cm³/mol. The molecule has 2 amide bonds. The van der Waals surface area contributed by atoms with Gasteiger partial charge in [0.2, 0.25) is 11.8 Å². The first-order valence-electron chi connectivity index (χ1n) is 11.4. The summed E-state index contributed by atoms with van der Waals surface area (Å²) in [7, 11) is 0. The smallest absolute Gasteiger partial charge is 0.247 e. The van der Waals surface area contributed by atoms with Gasteiger partial charge in [-0.15, -0.1) is 5.10 Å². The van der Waals surface area contributed by atoms with Crippen LogP contribution >= 0.6 is 11.8 Å². The van der Waals surface area contributed by atoms with E-state index in [0.717, 1.165) is 16.7 Å². The lowest BCUT2D eigenvalue weighted by Crippen LogP contribution is -2.33. The topological polar surface area (TPSA) is 94.4 Å². The van der Waals surface area contributed by atoms with Gasteiger partial charge in [0.05, 0.1) is 11.9 Å². The van der Waals surface area contributed by atoms with Crippen LogP contribution in [0.15, 0.2) is 94.6 Å². The third-order valence-electron chi connectivity index (χ3n) is 5.43. The molecule has 1 fully saturated rings. The van der Waals surface area contributed by atoms with Gasteiger partial charge in [0.15, 0.2) is 5.17 Å². The molecule has 0 saturated carbocycles. The van der Waals surface area contributed by atoms with Crippen molar-refractivity contribution >= 4 is 52.4 Å². The van der Waals surface area contributed by atoms with Crippen LogP contribution in [0.4, 0.5) is 11.4 Å². The molecule has 0 spiro atoms. The number of hydrogen-bond acceptors (Lipinski definition) is 6. The van der Waals surface area contributed by atoms with Gasteiger partial charge in [-0.25, -0.2) is 0 Å². The number of nitrogens with one attached hydrogen (secondary N) is 1. The van der Waals surface area contributed by atoms with Gasteiger partial charge < -0.3 is 10.4 Å². The van der Waals surface area contributed by atoms with E-state index in [-0.39, 0.29) is 24.0 Å². The summed E-state index contributed by atoms with van der Waals surface area (Å²) in [4.78, 5) is 27.5. The number of hydrogen-bond donors (Lipinski definition) is 2. The number of phenolic OH excluding ortho intramolecular Hbond substituents is 1. The van der Waals surface area contributed by atoms with Crippen LogP contribution in [0.25, 0.3) is 6.08 Å². The SMILES string of the molecule is CC(/C=N/N=C1/SC(CC(=O)Nc2ccccc2C)C(=O)N1c1ccc(O)cc1)=C\c1ccccc1. The number of carbonyl (C=O) groups excluding carboxylic acids is 2. The highest BCUT2D eigenvalue weighted by atomic mass is 32.2. The van der Waals surface area contributed by atoms with Gasteiger partial charge in [-0.3, -0.25) is 14.5 Å². The summed E-state index contributed by atoms with van der Waals surface area (Å²) in [6.07, 6.45) is 3.59. The molecule has 0 aromatic heterocycles. The van der Waals surface area contributed by atoms with Crippen molar-refractivity contribution in [2.75, 3.05) is 10.2 Å². The first-order valence-corrected chi connectivity index (χ1v) is 12.3. The van der Waals surface area contributed by atoms with Crippen molar-refractivity contribution in [2.24, 2.45) is 10.2 Å². The molecule has 4 rings (SSSR count). The Labute approximate surface area is 214 Å². The number of benzene rings is 3. The number of carbonyl (C=O) groups is 2. The average molecular weight is 499 g/mol. The van der Waals surface area contributed by atoms with E-state index >= 15 is 0 Å². The average Bonchev–Trinajstić information content (AvgIpc) is 3.16. The van der Waals surface area contributed by atoms with Gasteiger partial charge in [0.25, 0.3) is 0 Å². The molecule has 0 bridgehead atoms. The van der Waals surface area contributed by atoms with Gasteiger partial charge in [0, 0.05) is 12.1 Å². The van der Waals surface area contributed by atoms with Crippen LogP contribution in [0.5, 0.6) is 5.75 Å². The zero-order valence-corrected chi connectivity index (χ0v) is 20.8. The number of amidine groups is 1. The van der Waals surface area contributed by atoms with E-state index in [9.17, 15) is 14.7 Å². The normalized spacial score (nSPS) is 17.2. The minimum atomic E-state index is -0.655. The first-order chi connectivity index (χ1) is 17.4. The van der Waals surface area contributed by atoms with E-state index in [1.54, 1.807) is 18.3 Å². The number of nitrogens with zero attached hydrogens (tertiary/aromatic N) is 3. The maximum absolute atomic E-state index is 13.3. The fourth-order valence-corrected chi connectivity index (χ4v) is 4.70. The zero-order valence-electron chi connectivity index (χ0n) is 20.0. The number of anilines is 2. The second kappa shape index (κ2) is 11.5. The Kier molecular flexibility index (Phi) is 7.97. The largest absolute Gasteiger partial charge is 0.508 e. The summed E-state index contributed by atoms with van der Waals surface area (Å²) in [5, 5.41) is 20.8. The number of aryl methyl sites for hydroxylation is 1. The molecule has 0 aliphatic carbocycles. The molecule has 182 valence electrons. The van der Waals surface area contributed by atoms with Crippen molar-refractivity contribution in [3.63, 3.8) is 0 Å². The highest BCUT2D eigenvalue weighted by Crippen LogP contribution is 2.34. The molecule has 1 saturated heterocycles. The molecule has 3 aromatic rings. The maximum atomic E-state index is 13.3. The molecular formula is C28H26N4O3S. The van der Waals surface area contributed by atoms with Gasteiger partial charge in [-0.1, -0.05) is 66.4 Å². The molecule has 1 aliphatic rings. The second-order valence-corrected chi connectivity index (χ2v) is 9.46. The van der Waals surface area contributed by atoms with E-state index in [1.165, 1.54) is 28.8 Å². The highest BCUT2D eigenvalue weighted by molar-refractivity contribution is 8.16. The summed E-state index contributed by atoms with van der Waals surface area (Å²) >= 11 is 1.19. The molecular weight excluding hydrogens is 472 g/mol. The molecule has 1 aliphatic heterocycles. The van der Waals surface area contributed by atoms with E-state index < -0.39 is 5.25 Å². The Hall–Kier alpha value is -4.17. The van der Waals surface area contributed by atoms with Crippen LogP contribution in [-0.2, 0) is 9.59 Å². The molecule has 1 atom stereocenters. The quantitative estimate of drug-likeness (QED) is 0.326. The molecule has 36 heavy (non-hydrogen) atoms. The van der Waals surface area contributed by atoms with E-state index in [4.69, 9.17) is 0 Å². The predicted octanol–water partition coefficient (Wildman–Crippen LogP) is 5.62. The summed E-state index contributed by atoms with van der Waals surface area (Å²) in [6.45, 7) is 3.83. The van der Waals surface area contributed by atoms with Gasteiger partial charge in [0.1, 0.15) is 11.0 Å². The fraction of sp³-hybridized carbons (Fsp3) is 0.143. The summed E-state index contributed by atoms with van der Waals surface area (Å²) in [5.74, 6) is -0.436. The first kappa shape index (κ1) is 24.9. The third-order valence-corrected chi connectivity index (χ3v) is 6.56. The minimum Gasteiger partial charge on any atom is -0.508 e. The monoisotopic (exact) mass is 498 g/mol. The van der Waals surface area contributed by atoms with Crippen molar-refractivity contribution in [1.82, 2.24) is 0 Å². The van der Waals surface area contributed by atoms with E-state index in [2.05, 4.69) is 15.5 Å². The van der Waals surface area contributed by atoms with Crippen LogP contribution in [-0.4, -0.2) is 33.6 Å². The third kappa shape index (κ3) is 6.28. The lowest BCUT2D eigenvalue weighted by atomic mass is 10.1. The molecule has 2 N–H and O–H groups in total. The van der Waals surface area contributed by atoms with Gasteiger partial charge >= 0.3 is 0 Å². The standard InChI is InChI=1S/C28H26N4O3S/c1-19(16-21-9-4-3-5-10-21)18-29-31-28-32(22-12-14-23(33)15-13-22)27(35)25(36-28)17-26(34)30-24-11-7-6-8-20(24)2/h3-16,18,25,33H,17H2,1-2H3,(H,30,34)/b19-16+,29-18+,31-28+. The van der Waals surface area contributed by atoms with Crippen molar-refractivity contribution in [3.05, 3.63) is 95.6 Å². The van der Waals surface area contributed by atoms with E-state index in [1.807, 2.05) is 74.5 Å². The number of thioether (sulfide) groups is 1. The lowest BCUT2D eigenvalue weighted by Gasteiger charge is -2.16. The van der Waals surface area contributed by atoms with E-state index in [0.29, 0.717) is 16.5 Å². The van der Waals surface area contributed by atoms with Crippen LogP contribution in [0, 0.1) is 6.92 Å². The Morgan fingerprint density at radius 1 is 1.06 bits per heavy atom. The number of allylic oxidation sites excluding steroid dienone is 1. The Bertz CT molecular complexity index is 1330. The summed E-state index contributed by atoms with van der Waals surface area (Å²) < 4.78 is 0. The number of amides is 2. The minimum absolute atomic E-state index is 0.0118. The molecule has 8 heteroatoms. The molecule has 1 unspecified atom stereocenters. The number of para-hydroxylation sites is 1. The molecule has 3 aromatic carbocycles. The van der Waals surface area contributed by atoms with Crippen LogP contribution in [0.2, 0.25) is 0 Å². The van der Waals surface area contributed by atoms with Crippen molar-refractivity contribution < 1.29 is 14.7 Å². The Morgan fingerprint density at radius 2 is 1.75 bits per heavy atom. The fourth-order valence-electron chi connectivity index (χ4n) is 3.61. The number of rotatable bonds is 7. The Balaban J connectivity index is 1.54. The van der Waals surface area contributed by atoms with Crippen LogP contribution in [0.3, 0.4) is 0 Å². The zero-order chi connectivity index (χ0) is 25.5.